The van der Waals surface area contributed by atoms with Gasteiger partial charge in [-0.05, 0) is 48.9 Å². The number of ether oxygens (including phenoxy) is 1. The molecule has 7 heteroatoms. The van der Waals surface area contributed by atoms with Crippen LogP contribution in [0.4, 0.5) is 0 Å². The minimum atomic E-state index is -3.77. The van der Waals surface area contributed by atoms with Gasteiger partial charge in [-0.3, -0.25) is 0 Å². The van der Waals surface area contributed by atoms with E-state index in [1.165, 1.54) is 18.2 Å². The van der Waals surface area contributed by atoms with E-state index in [9.17, 15) is 8.42 Å². The first-order chi connectivity index (χ1) is 9.27. The summed E-state index contributed by atoms with van der Waals surface area (Å²) in [7, 11) is -3.77. The standard InChI is InChI=1S/C13H11BrClNO3S/c1-8-6-9(14)2-4-12(8)19-13-5-3-10(7-11(13)15)20(16,17)18/h2-7H,1H3,(H2,16,17,18). The lowest BCUT2D eigenvalue weighted by Gasteiger charge is -2.11. The van der Waals surface area contributed by atoms with Crippen LogP contribution in [0.1, 0.15) is 5.56 Å². The average Bonchev–Trinajstić information content (AvgIpc) is 2.33. The second-order valence-electron chi connectivity index (χ2n) is 4.15. The highest BCUT2D eigenvalue weighted by Crippen LogP contribution is 2.33. The molecule has 106 valence electrons. The molecule has 0 saturated heterocycles. The van der Waals surface area contributed by atoms with Gasteiger partial charge in [0.2, 0.25) is 10.0 Å². The zero-order valence-corrected chi connectivity index (χ0v) is 13.6. The summed E-state index contributed by atoms with van der Waals surface area (Å²) in [5.41, 5.74) is 0.922. The Labute approximate surface area is 130 Å². The van der Waals surface area contributed by atoms with Gasteiger partial charge in [0.1, 0.15) is 11.5 Å². The Balaban J connectivity index is 2.35. The molecule has 0 amide bonds. The van der Waals surface area contributed by atoms with E-state index in [2.05, 4.69) is 15.9 Å². The van der Waals surface area contributed by atoms with Crippen molar-refractivity contribution >= 4 is 37.6 Å². The highest BCUT2D eigenvalue weighted by Gasteiger charge is 2.12. The molecule has 0 radical (unpaired) electrons. The fraction of sp³-hybridized carbons (Fsp3) is 0.0769. The molecule has 0 aliphatic heterocycles. The maximum Gasteiger partial charge on any atom is 0.238 e. The number of hydrogen-bond donors (Lipinski definition) is 1. The van der Waals surface area contributed by atoms with Crippen LogP contribution in [-0.4, -0.2) is 8.42 Å². The third-order valence-electron chi connectivity index (χ3n) is 2.59. The fourth-order valence-corrected chi connectivity index (χ4v) is 2.89. The van der Waals surface area contributed by atoms with Crippen LogP contribution in [0.5, 0.6) is 11.5 Å². The van der Waals surface area contributed by atoms with Gasteiger partial charge in [0.25, 0.3) is 0 Å². The van der Waals surface area contributed by atoms with Crippen molar-refractivity contribution in [3.8, 4) is 11.5 Å². The van der Waals surface area contributed by atoms with Gasteiger partial charge in [-0.25, -0.2) is 13.6 Å². The second kappa shape index (κ2) is 5.73. The summed E-state index contributed by atoms with van der Waals surface area (Å²) >= 11 is 9.38. The number of hydrogen-bond acceptors (Lipinski definition) is 3. The van der Waals surface area contributed by atoms with Crippen LogP contribution in [0.15, 0.2) is 45.8 Å². The number of sulfonamides is 1. The van der Waals surface area contributed by atoms with Gasteiger partial charge in [0.15, 0.2) is 0 Å². The summed E-state index contributed by atoms with van der Waals surface area (Å²) in [6.07, 6.45) is 0. The predicted octanol–water partition coefficient (Wildman–Crippen LogP) is 3.85. The van der Waals surface area contributed by atoms with E-state index in [1.807, 2.05) is 19.1 Å². The summed E-state index contributed by atoms with van der Waals surface area (Å²) in [5, 5.41) is 5.22. The Morgan fingerprint density at radius 3 is 2.35 bits per heavy atom. The van der Waals surface area contributed by atoms with E-state index in [0.29, 0.717) is 11.5 Å². The summed E-state index contributed by atoms with van der Waals surface area (Å²) in [4.78, 5) is -0.0534. The third-order valence-corrected chi connectivity index (χ3v) is 4.29. The lowest BCUT2D eigenvalue weighted by molar-refractivity contribution is 0.478. The summed E-state index contributed by atoms with van der Waals surface area (Å²) in [6.45, 7) is 1.90. The number of aryl methyl sites for hydroxylation is 1. The number of rotatable bonds is 3. The van der Waals surface area contributed by atoms with Crippen LogP contribution in [0.25, 0.3) is 0 Å². The van der Waals surface area contributed by atoms with E-state index in [4.69, 9.17) is 21.5 Å². The Morgan fingerprint density at radius 1 is 1.15 bits per heavy atom. The molecule has 0 atom stereocenters. The van der Waals surface area contributed by atoms with Crippen LogP contribution in [-0.2, 0) is 10.0 Å². The highest BCUT2D eigenvalue weighted by atomic mass is 79.9. The van der Waals surface area contributed by atoms with Crippen LogP contribution in [0, 0.1) is 6.92 Å². The first-order valence-electron chi connectivity index (χ1n) is 5.54. The Bertz CT molecular complexity index is 762. The van der Waals surface area contributed by atoms with Crippen LogP contribution in [0.2, 0.25) is 5.02 Å². The molecule has 0 aromatic heterocycles. The molecule has 2 aromatic rings. The van der Waals surface area contributed by atoms with E-state index in [0.717, 1.165) is 10.0 Å². The molecule has 2 rings (SSSR count). The zero-order valence-electron chi connectivity index (χ0n) is 10.4. The number of nitrogens with two attached hydrogens (primary N) is 1. The van der Waals surface area contributed by atoms with Crippen molar-refractivity contribution in [2.24, 2.45) is 5.14 Å². The topological polar surface area (TPSA) is 69.4 Å². The van der Waals surface area contributed by atoms with Gasteiger partial charge in [-0.1, -0.05) is 27.5 Å². The summed E-state index contributed by atoms with van der Waals surface area (Å²) < 4.78 is 29.1. The molecule has 20 heavy (non-hydrogen) atoms. The van der Waals surface area contributed by atoms with Gasteiger partial charge in [-0.2, -0.15) is 0 Å². The van der Waals surface area contributed by atoms with Gasteiger partial charge < -0.3 is 4.74 Å². The molecular formula is C13H11BrClNO3S. The van der Waals surface area contributed by atoms with Gasteiger partial charge in [0.05, 0.1) is 9.92 Å². The molecule has 0 heterocycles. The highest BCUT2D eigenvalue weighted by molar-refractivity contribution is 9.10. The molecule has 4 nitrogen and oxygen atoms in total. The quantitative estimate of drug-likeness (QED) is 0.884. The molecule has 0 unspecified atom stereocenters. The van der Waals surface area contributed by atoms with Crippen molar-refractivity contribution in [2.45, 2.75) is 11.8 Å². The van der Waals surface area contributed by atoms with Gasteiger partial charge in [-0.15, -0.1) is 0 Å². The van der Waals surface area contributed by atoms with Gasteiger partial charge >= 0.3 is 0 Å². The molecular weight excluding hydrogens is 366 g/mol. The summed E-state index contributed by atoms with van der Waals surface area (Å²) in [6, 6.07) is 9.63. The van der Waals surface area contributed by atoms with Crippen molar-refractivity contribution in [1.82, 2.24) is 0 Å². The van der Waals surface area contributed by atoms with Crippen molar-refractivity contribution in [3.05, 3.63) is 51.5 Å². The van der Waals surface area contributed by atoms with E-state index in [-0.39, 0.29) is 9.92 Å². The summed E-state index contributed by atoms with van der Waals surface area (Å²) in [5.74, 6) is 1.00. The SMILES string of the molecule is Cc1cc(Br)ccc1Oc1ccc(S(N)(=O)=O)cc1Cl. The fourth-order valence-electron chi connectivity index (χ4n) is 1.59. The lowest BCUT2D eigenvalue weighted by Crippen LogP contribution is -2.11. The van der Waals surface area contributed by atoms with Crippen molar-refractivity contribution in [3.63, 3.8) is 0 Å². The van der Waals surface area contributed by atoms with Gasteiger partial charge in [0, 0.05) is 4.47 Å². The van der Waals surface area contributed by atoms with Crippen molar-refractivity contribution < 1.29 is 13.2 Å². The minimum Gasteiger partial charge on any atom is -0.456 e. The van der Waals surface area contributed by atoms with Crippen LogP contribution >= 0.6 is 27.5 Å². The first kappa shape index (κ1) is 15.3. The minimum absolute atomic E-state index is 0.0534. The van der Waals surface area contributed by atoms with E-state index in [1.54, 1.807) is 6.07 Å². The van der Waals surface area contributed by atoms with Crippen LogP contribution < -0.4 is 9.88 Å². The zero-order chi connectivity index (χ0) is 14.9. The largest absolute Gasteiger partial charge is 0.456 e. The molecule has 2 aromatic carbocycles. The normalized spacial score (nSPS) is 11.4. The van der Waals surface area contributed by atoms with Crippen LogP contribution in [0.3, 0.4) is 0 Å². The Morgan fingerprint density at radius 2 is 1.80 bits per heavy atom. The van der Waals surface area contributed by atoms with Crippen molar-refractivity contribution in [1.29, 1.82) is 0 Å². The monoisotopic (exact) mass is 375 g/mol. The number of primary sulfonamides is 1. The molecule has 0 fully saturated rings. The van der Waals surface area contributed by atoms with E-state index < -0.39 is 10.0 Å². The maximum atomic E-state index is 11.2. The molecule has 0 bridgehead atoms. The molecule has 0 saturated carbocycles. The Hall–Kier alpha value is -1.08. The first-order valence-corrected chi connectivity index (χ1v) is 8.25. The molecule has 0 spiro atoms. The average molecular weight is 377 g/mol. The Kier molecular flexibility index (Phi) is 4.39. The van der Waals surface area contributed by atoms with E-state index >= 15 is 0 Å². The lowest BCUT2D eigenvalue weighted by atomic mass is 10.2. The molecule has 0 aliphatic carbocycles. The number of halogens is 2. The third kappa shape index (κ3) is 3.52. The van der Waals surface area contributed by atoms with Crippen molar-refractivity contribution in [2.75, 3.05) is 0 Å². The number of benzene rings is 2. The predicted molar refractivity (Wildman–Crippen MR) is 81.8 cm³/mol. The smallest absolute Gasteiger partial charge is 0.238 e. The molecule has 0 aliphatic rings. The molecule has 2 N–H and O–H groups in total. The second-order valence-corrected chi connectivity index (χ2v) is 7.03. The maximum absolute atomic E-state index is 11.2.